The number of benzene rings is 2. The highest BCUT2D eigenvalue weighted by molar-refractivity contribution is 7.90. The maximum atomic E-state index is 14.0. The van der Waals surface area contributed by atoms with Gasteiger partial charge >= 0.3 is 6.18 Å². The predicted octanol–water partition coefficient (Wildman–Crippen LogP) is 3.24. The lowest BCUT2D eigenvalue weighted by molar-refractivity contribution is -0.139. The maximum absolute atomic E-state index is 14.0. The van der Waals surface area contributed by atoms with Crippen LogP contribution in [0.5, 0.6) is 5.75 Å². The van der Waals surface area contributed by atoms with E-state index in [-0.39, 0.29) is 61.3 Å². The Labute approximate surface area is 194 Å². The number of nitrogens with zero attached hydrogens (tertiary/aromatic N) is 2. The molecule has 0 atom stereocenters. The van der Waals surface area contributed by atoms with Gasteiger partial charge in [-0.3, -0.25) is 4.79 Å². The van der Waals surface area contributed by atoms with Crippen LogP contribution in [-0.4, -0.2) is 72.0 Å². The lowest BCUT2D eigenvalue weighted by atomic mass is 10.1. The van der Waals surface area contributed by atoms with E-state index in [0.29, 0.717) is 6.07 Å². The first-order valence-electron chi connectivity index (χ1n) is 10.3. The first-order valence-corrected chi connectivity index (χ1v) is 12.2. The van der Waals surface area contributed by atoms with Crippen molar-refractivity contribution in [2.45, 2.75) is 11.1 Å². The maximum Gasteiger partial charge on any atom is 0.419 e. The van der Waals surface area contributed by atoms with Gasteiger partial charge in [-0.25, -0.2) is 12.8 Å². The fraction of sp³-hybridized carbons (Fsp3) is 0.409. The third-order valence-electron chi connectivity index (χ3n) is 5.34. The fourth-order valence-electron chi connectivity index (χ4n) is 3.54. The molecule has 1 heterocycles. The molecule has 0 aromatic heterocycles. The molecule has 0 saturated carbocycles. The van der Waals surface area contributed by atoms with Crippen molar-refractivity contribution >= 4 is 21.4 Å². The van der Waals surface area contributed by atoms with Crippen LogP contribution in [0.15, 0.2) is 41.3 Å². The van der Waals surface area contributed by atoms with Gasteiger partial charge in [0.25, 0.3) is 5.91 Å². The van der Waals surface area contributed by atoms with E-state index in [1.807, 2.05) is 0 Å². The largest absolute Gasteiger partial charge is 0.490 e. The van der Waals surface area contributed by atoms with Gasteiger partial charge in [-0.15, -0.1) is 0 Å². The van der Waals surface area contributed by atoms with E-state index in [2.05, 4.69) is 0 Å². The van der Waals surface area contributed by atoms with Crippen molar-refractivity contribution in [1.29, 1.82) is 0 Å². The molecule has 1 amide bonds. The number of ether oxygens (including phenoxy) is 2. The summed E-state index contributed by atoms with van der Waals surface area (Å²) >= 11 is 0. The number of sulfone groups is 1. The fourth-order valence-corrected chi connectivity index (χ4v) is 4.18. The molecule has 2 aromatic rings. The summed E-state index contributed by atoms with van der Waals surface area (Å²) in [5.41, 5.74) is -0.981. The molecule has 0 spiro atoms. The van der Waals surface area contributed by atoms with Crippen LogP contribution in [0.25, 0.3) is 0 Å². The van der Waals surface area contributed by atoms with Gasteiger partial charge in [-0.1, -0.05) is 0 Å². The van der Waals surface area contributed by atoms with Crippen LogP contribution in [0, 0.1) is 5.82 Å². The first-order chi connectivity index (χ1) is 15.9. The smallest absolute Gasteiger partial charge is 0.419 e. The van der Waals surface area contributed by atoms with E-state index in [1.165, 1.54) is 36.3 Å². The summed E-state index contributed by atoms with van der Waals surface area (Å²) < 4.78 is 86.8. The van der Waals surface area contributed by atoms with E-state index in [4.69, 9.17) is 9.47 Å². The zero-order valence-corrected chi connectivity index (χ0v) is 19.4. The second kappa shape index (κ2) is 10.2. The van der Waals surface area contributed by atoms with Gasteiger partial charge < -0.3 is 19.3 Å². The molecule has 1 fully saturated rings. The molecule has 0 aliphatic carbocycles. The number of hydrogen-bond acceptors (Lipinski definition) is 6. The Kier molecular flexibility index (Phi) is 7.71. The van der Waals surface area contributed by atoms with Gasteiger partial charge in [-0.05, 0) is 36.4 Å². The van der Waals surface area contributed by atoms with E-state index < -0.39 is 33.3 Å². The lowest BCUT2D eigenvalue weighted by Crippen LogP contribution is -2.49. The van der Waals surface area contributed by atoms with Gasteiger partial charge in [0, 0.05) is 45.2 Å². The molecular weight excluding hydrogens is 480 g/mol. The van der Waals surface area contributed by atoms with Crippen LogP contribution in [-0.2, 0) is 20.8 Å². The molecule has 2 aromatic carbocycles. The molecule has 1 saturated heterocycles. The minimum Gasteiger partial charge on any atom is -0.490 e. The molecule has 0 N–H and O–H groups in total. The molecule has 3 rings (SSSR count). The average molecular weight is 505 g/mol. The number of carbonyl (C=O) groups excluding carboxylic acids is 1. The molecule has 186 valence electrons. The summed E-state index contributed by atoms with van der Waals surface area (Å²) in [7, 11) is -2.08. The number of rotatable bonds is 7. The van der Waals surface area contributed by atoms with Crippen molar-refractivity contribution in [3.8, 4) is 5.75 Å². The van der Waals surface area contributed by atoms with E-state index >= 15 is 0 Å². The minimum absolute atomic E-state index is 0.0335. The predicted molar refractivity (Wildman–Crippen MR) is 116 cm³/mol. The number of hydrogen-bond donors (Lipinski definition) is 0. The highest BCUT2D eigenvalue weighted by Gasteiger charge is 2.34. The molecule has 0 unspecified atom stereocenters. The Hall–Kier alpha value is -2.86. The van der Waals surface area contributed by atoms with Gasteiger partial charge in [0.2, 0.25) is 0 Å². The Morgan fingerprint density at radius 2 is 1.71 bits per heavy atom. The second-order valence-electron chi connectivity index (χ2n) is 7.71. The number of methoxy groups -OCH3 is 1. The third-order valence-corrected chi connectivity index (χ3v) is 6.45. The quantitative estimate of drug-likeness (QED) is 0.426. The Bertz CT molecular complexity index is 1150. The van der Waals surface area contributed by atoms with Gasteiger partial charge in [-0.2, -0.15) is 13.2 Å². The van der Waals surface area contributed by atoms with Crippen LogP contribution in [0.1, 0.15) is 15.9 Å². The number of anilines is 1. The molecule has 0 radical (unpaired) electrons. The van der Waals surface area contributed by atoms with Crippen LogP contribution < -0.4 is 9.64 Å². The van der Waals surface area contributed by atoms with Crippen LogP contribution in [0.2, 0.25) is 0 Å². The highest BCUT2D eigenvalue weighted by Crippen LogP contribution is 2.33. The Balaban J connectivity index is 1.76. The first kappa shape index (κ1) is 25.8. The molecule has 7 nitrogen and oxygen atoms in total. The molecule has 1 aliphatic heterocycles. The zero-order valence-electron chi connectivity index (χ0n) is 18.6. The van der Waals surface area contributed by atoms with Crippen molar-refractivity contribution in [3.63, 3.8) is 0 Å². The standard InChI is InChI=1S/C22H24F4N2O5S/c1-32-11-12-33-20-6-4-16(34(2,30)31)14-17(20)21(29)28-9-7-27(8-10-28)15-3-5-18(19(23)13-15)22(24,25)26/h3-6,13-14H,7-12H2,1-2H3. The van der Waals surface area contributed by atoms with E-state index in [9.17, 15) is 30.8 Å². The summed E-state index contributed by atoms with van der Waals surface area (Å²) in [5, 5.41) is 0. The summed E-state index contributed by atoms with van der Waals surface area (Å²) in [6.07, 6.45) is -3.75. The molecule has 1 aliphatic rings. The second-order valence-corrected chi connectivity index (χ2v) is 9.73. The van der Waals surface area contributed by atoms with E-state index in [1.54, 1.807) is 4.90 Å². The number of alkyl halides is 3. The molecule has 0 bridgehead atoms. The molecular formula is C22H24F4N2O5S. The van der Waals surface area contributed by atoms with Crippen molar-refractivity contribution in [3.05, 3.63) is 53.3 Å². The number of piperazine rings is 1. The van der Waals surface area contributed by atoms with Gasteiger partial charge in [0.15, 0.2) is 9.84 Å². The topological polar surface area (TPSA) is 76.1 Å². The summed E-state index contributed by atoms with van der Waals surface area (Å²) in [5.74, 6) is -1.60. The summed E-state index contributed by atoms with van der Waals surface area (Å²) in [6.45, 7) is 1.32. The van der Waals surface area contributed by atoms with Crippen molar-refractivity contribution in [2.24, 2.45) is 0 Å². The lowest BCUT2D eigenvalue weighted by Gasteiger charge is -2.36. The number of carbonyl (C=O) groups is 1. The van der Waals surface area contributed by atoms with Crippen LogP contribution in [0.4, 0.5) is 23.2 Å². The SMILES string of the molecule is COCCOc1ccc(S(C)(=O)=O)cc1C(=O)N1CCN(c2ccc(C(F)(F)F)c(F)c2)CC1. The highest BCUT2D eigenvalue weighted by atomic mass is 32.2. The molecule has 12 heteroatoms. The summed E-state index contributed by atoms with van der Waals surface area (Å²) in [6, 6.07) is 6.75. The molecule has 34 heavy (non-hydrogen) atoms. The number of amides is 1. The van der Waals surface area contributed by atoms with Gasteiger partial charge in [0.05, 0.1) is 22.6 Å². The van der Waals surface area contributed by atoms with Crippen molar-refractivity contribution < 1.29 is 40.2 Å². The van der Waals surface area contributed by atoms with Gasteiger partial charge in [0.1, 0.15) is 18.2 Å². The third kappa shape index (κ3) is 5.98. The minimum atomic E-state index is -4.78. The van der Waals surface area contributed by atoms with Crippen molar-refractivity contribution in [1.82, 2.24) is 4.90 Å². The number of halogens is 4. The Morgan fingerprint density at radius 1 is 1.03 bits per heavy atom. The van der Waals surface area contributed by atoms with Crippen molar-refractivity contribution in [2.75, 3.05) is 57.7 Å². The normalized spacial score (nSPS) is 14.9. The monoisotopic (exact) mass is 504 g/mol. The Morgan fingerprint density at radius 3 is 2.26 bits per heavy atom. The average Bonchev–Trinajstić information content (AvgIpc) is 2.77. The van der Waals surface area contributed by atoms with Crippen LogP contribution in [0.3, 0.4) is 0 Å². The summed E-state index contributed by atoms with van der Waals surface area (Å²) in [4.78, 5) is 16.3. The van der Waals surface area contributed by atoms with Crippen LogP contribution >= 0.6 is 0 Å². The van der Waals surface area contributed by atoms with E-state index in [0.717, 1.165) is 12.3 Å². The zero-order chi connectivity index (χ0) is 25.1.